The van der Waals surface area contributed by atoms with Gasteiger partial charge >= 0.3 is 0 Å². The summed E-state index contributed by atoms with van der Waals surface area (Å²) in [6, 6.07) is 12.8. The van der Waals surface area contributed by atoms with Crippen LogP contribution in [0, 0.1) is 6.92 Å². The highest BCUT2D eigenvalue weighted by atomic mass is 16.5. The van der Waals surface area contributed by atoms with Crippen LogP contribution < -0.4 is 4.74 Å². The van der Waals surface area contributed by atoms with E-state index in [1.807, 2.05) is 63.2 Å². The van der Waals surface area contributed by atoms with Crippen LogP contribution in [0.2, 0.25) is 0 Å². The molecular weight excluding hydrogens is 438 g/mol. The Bertz CT molecular complexity index is 1110. The number of carbonyl (C=O) groups is 2. The summed E-state index contributed by atoms with van der Waals surface area (Å²) in [5, 5.41) is 11.5. The Labute approximate surface area is 209 Å². The lowest BCUT2D eigenvalue weighted by Gasteiger charge is -2.26. The Morgan fingerprint density at radius 3 is 2.29 bits per heavy atom. The first-order valence-electron chi connectivity index (χ1n) is 12.6. The van der Waals surface area contributed by atoms with Crippen molar-refractivity contribution in [3.63, 3.8) is 0 Å². The van der Waals surface area contributed by atoms with E-state index in [-0.39, 0.29) is 22.9 Å². The summed E-state index contributed by atoms with van der Waals surface area (Å²) in [6.45, 7) is 14.7. The molecule has 1 fully saturated rings. The number of carbonyl (C=O) groups excluding carboxylic acids is 2. The molecular formula is C30H39NO4. The van der Waals surface area contributed by atoms with Crippen LogP contribution in [0.5, 0.6) is 5.75 Å². The number of nitrogens with zero attached hydrogens (tertiary/aromatic N) is 1. The molecule has 0 bridgehead atoms. The van der Waals surface area contributed by atoms with E-state index in [1.54, 1.807) is 4.90 Å². The van der Waals surface area contributed by atoms with Crippen LogP contribution in [0.25, 0.3) is 5.76 Å². The van der Waals surface area contributed by atoms with Gasteiger partial charge in [0.2, 0.25) is 0 Å². The molecule has 188 valence electrons. The molecule has 1 amide bonds. The summed E-state index contributed by atoms with van der Waals surface area (Å²) in [7, 11) is 0. The highest BCUT2D eigenvalue weighted by Crippen LogP contribution is 2.41. The minimum atomic E-state index is -0.641. The number of Topliss-reactive ketones (excluding diaryl/α,β-unsaturated/α-hetero) is 1. The van der Waals surface area contributed by atoms with Crippen LogP contribution in [-0.2, 0) is 15.0 Å². The number of aryl methyl sites for hydroxylation is 1. The number of ketones is 1. The predicted octanol–water partition coefficient (Wildman–Crippen LogP) is 6.69. The minimum absolute atomic E-state index is 0.0404. The van der Waals surface area contributed by atoms with Gasteiger partial charge in [-0.3, -0.25) is 9.59 Å². The number of benzene rings is 2. The molecule has 2 aromatic carbocycles. The van der Waals surface area contributed by atoms with E-state index in [4.69, 9.17) is 4.74 Å². The van der Waals surface area contributed by atoms with Gasteiger partial charge in [0.05, 0.1) is 17.7 Å². The number of unbranched alkanes of at least 4 members (excludes halogenated alkanes) is 2. The normalized spacial score (nSPS) is 17.9. The van der Waals surface area contributed by atoms with Gasteiger partial charge in [-0.05, 0) is 67.5 Å². The molecule has 35 heavy (non-hydrogen) atoms. The highest BCUT2D eigenvalue weighted by Gasteiger charge is 2.46. The number of rotatable bonds is 8. The van der Waals surface area contributed by atoms with Crippen LogP contribution in [-0.4, -0.2) is 34.3 Å². The standard InChI is InChI=1S/C30H39NO4/c1-8-9-10-17-31-26(21-12-15-23(16-13-21)35-19(2)3)25(28(33)29(31)34)27(32)24-18-22(30(5,6)7)14-11-20(24)4/h11-16,18-19,26,32H,8-10,17H2,1-7H3/b27-25+. The van der Waals surface area contributed by atoms with Crippen LogP contribution in [0.1, 0.15) is 89.1 Å². The topological polar surface area (TPSA) is 66.8 Å². The summed E-state index contributed by atoms with van der Waals surface area (Å²) in [4.78, 5) is 28.1. The Kier molecular flexibility index (Phi) is 8.09. The molecule has 1 heterocycles. The first-order chi connectivity index (χ1) is 16.5. The second kappa shape index (κ2) is 10.7. The Morgan fingerprint density at radius 1 is 1.06 bits per heavy atom. The molecule has 0 radical (unpaired) electrons. The Balaban J connectivity index is 2.16. The van der Waals surface area contributed by atoms with Crippen molar-refractivity contribution in [3.05, 3.63) is 70.3 Å². The maximum Gasteiger partial charge on any atom is 0.295 e. The number of ether oxygens (including phenoxy) is 1. The van der Waals surface area contributed by atoms with E-state index in [0.29, 0.717) is 12.1 Å². The zero-order valence-corrected chi connectivity index (χ0v) is 22.1. The van der Waals surface area contributed by atoms with Crippen molar-refractivity contribution in [2.75, 3.05) is 6.54 Å². The summed E-state index contributed by atoms with van der Waals surface area (Å²) >= 11 is 0. The maximum absolute atomic E-state index is 13.3. The SMILES string of the molecule is CCCCCN1C(=O)C(=O)/C(=C(/O)c2cc(C(C)(C)C)ccc2C)C1c1ccc(OC(C)C)cc1. The fraction of sp³-hybridized carbons (Fsp3) is 0.467. The second-order valence-electron chi connectivity index (χ2n) is 10.7. The summed E-state index contributed by atoms with van der Waals surface area (Å²) in [6.07, 6.45) is 2.81. The van der Waals surface area contributed by atoms with E-state index >= 15 is 0 Å². The molecule has 0 spiro atoms. The van der Waals surface area contributed by atoms with Crippen LogP contribution >= 0.6 is 0 Å². The van der Waals surface area contributed by atoms with E-state index in [9.17, 15) is 14.7 Å². The van der Waals surface area contributed by atoms with E-state index < -0.39 is 17.7 Å². The first-order valence-corrected chi connectivity index (χ1v) is 12.6. The number of likely N-dealkylation sites (tertiary alicyclic amines) is 1. The smallest absolute Gasteiger partial charge is 0.295 e. The molecule has 1 atom stereocenters. The molecule has 2 aromatic rings. The monoisotopic (exact) mass is 477 g/mol. The zero-order chi connectivity index (χ0) is 25.9. The maximum atomic E-state index is 13.3. The molecule has 1 N–H and O–H groups in total. The molecule has 5 nitrogen and oxygen atoms in total. The van der Waals surface area contributed by atoms with E-state index in [0.717, 1.165) is 41.7 Å². The van der Waals surface area contributed by atoms with Crippen molar-refractivity contribution >= 4 is 17.4 Å². The highest BCUT2D eigenvalue weighted by molar-refractivity contribution is 6.46. The molecule has 3 rings (SSSR count). The molecule has 0 saturated carbocycles. The lowest BCUT2D eigenvalue weighted by Crippen LogP contribution is -2.30. The fourth-order valence-electron chi connectivity index (χ4n) is 4.48. The van der Waals surface area contributed by atoms with Crippen molar-refractivity contribution in [3.8, 4) is 5.75 Å². The van der Waals surface area contributed by atoms with Gasteiger partial charge in [-0.25, -0.2) is 0 Å². The Hall–Kier alpha value is -3.08. The van der Waals surface area contributed by atoms with Gasteiger partial charge in [0.15, 0.2) is 0 Å². The third-order valence-electron chi connectivity index (χ3n) is 6.47. The van der Waals surface area contributed by atoms with Crippen LogP contribution in [0.15, 0.2) is 48.0 Å². The van der Waals surface area contributed by atoms with Gasteiger partial charge in [0, 0.05) is 12.1 Å². The van der Waals surface area contributed by atoms with Crippen molar-refractivity contribution in [1.82, 2.24) is 4.90 Å². The summed E-state index contributed by atoms with van der Waals surface area (Å²) < 4.78 is 5.78. The molecule has 1 aliphatic rings. The number of aliphatic hydroxyl groups is 1. The van der Waals surface area contributed by atoms with Crippen molar-refractivity contribution in [2.45, 2.75) is 85.3 Å². The lowest BCUT2D eigenvalue weighted by molar-refractivity contribution is -0.139. The predicted molar refractivity (Wildman–Crippen MR) is 141 cm³/mol. The van der Waals surface area contributed by atoms with E-state index in [1.165, 1.54) is 0 Å². The number of hydrogen-bond acceptors (Lipinski definition) is 4. The third kappa shape index (κ3) is 5.77. The van der Waals surface area contributed by atoms with Crippen LogP contribution in [0.3, 0.4) is 0 Å². The summed E-state index contributed by atoms with van der Waals surface area (Å²) in [5.41, 5.74) is 3.30. The molecule has 1 unspecified atom stereocenters. The summed E-state index contributed by atoms with van der Waals surface area (Å²) in [5.74, 6) is -0.579. The third-order valence-corrected chi connectivity index (χ3v) is 6.47. The lowest BCUT2D eigenvalue weighted by atomic mass is 9.84. The minimum Gasteiger partial charge on any atom is -0.507 e. The van der Waals surface area contributed by atoms with E-state index in [2.05, 4.69) is 27.7 Å². The number of hydrogen-bond donors (Lipinski definition) is 1. The molecule has 0 aliphatic carbocycles. The number of amides is 1. The second-order valence-corrected chi connectivity index (χ2v) is 10.7. The average Bonchev–Trinajstić information content (AvgIpc) is 3.03. The quantitative estimate of drug-likeness (QED) is 0.199. The van der Waals surface area contributed by atoms with Crippen LogP contribution in [0.4, 0.5) is 0 Å². The van der Waals surface area contributed by atoms with Crippen molar-refractivity contribution in [2.24, 2.45) is 0 Å². The molecule has 5 heteroatoms. The van der Waals surface area contributed by atoms with Gasteiger partial charge in [0.25, 0.3) is 11.7 Å². The zero-order valence-electron chi connectivity index (χ0n) is 22.1. The molecule has 1 aliphatic heterocycles. The van der Waals surface area contributed by atoms with Gasteiger partial charge in [0.1, 0.15) is 11.5 Å². The van der Waals surface area contributed by atoms with Gasteiger partial charge in [-0.1, -0.05) is 64.8 Å². The fourth-order valence-corrected chi connectivity index (χ4v) is 4.48. The molecule has 1 saturated heterocycles. The number of aliphatic hydroxyl groups excluding tert-OH is 1. The average molecular weight is 478 g/mol. The van der Waals surface area contributed by atoms with Gasteiger partial charge in [-0.15, -0.1) is 0 Å². The van der Waals surface area contributed by atoms with Crippen molar-refractivity contribution < 1.29 is 19.4 Å². The largest absolute Gasteiger partial charge is 0.507 e. The molecule has 0 aromatic heterocycles. The Morgan fingerprint density at radius 2 is 1.71 bits per heavy atom. The van der Waals surface area contributed by atoms with Gasteiger partial charge < -0.3 is 14.7 Å². The van der Waals surface area contributed by atoms with Gasteiger partial charge in [-0.2, -0.15) is 0 Å². The first kappa shape index (κ1) is 26.5. The van der Waals surface area contributed by atoms with Crippen molar-refractivity contribution in [1.29, 1.82) is 0 Å².